The van der Waals surface area contributed by atoms with Crippen LogP contribution in [0.2, 0.25) is 0 Å². The van der Waals surface area contributed by atoms with E-state index in [1.807, 2.05) is 0 Å². The average molecular weight is 1340 g/mol. The van der Waals surface area contributed by atoms with Gasteiger partial charge in [0.1, 0.15) is 73.2 Å². The molecule has 3 saturated heterocycles. The van der Waals surface area contributed by atoms with Crippen LogP contribution in [-0.4, -0.2) is 193 Å². The highest BCUT2D eigenvalue weighted by Gasteiger charge is 2.53. The van der Waals surface area contributed by atoms with E-state index in [1.54, 1.807) is 0 Å². The topological polar surface area (TPSA) is 307 Å². The smallest absolute Gasteiger partial charge is 0.220 e. The number of ether oxygens (including phenoxy) is 6. The van der Waals surface area contributed by atoms with E-state index in [9.17, 15) is 61.0 Å². The highest BCUT2D eigenvalue weighted by molar-refractivity contribution is 5.76. The Kier molecular flexibility index (Phi) is 50.9. The second-order valence-electron chi connectivity index (χ2n) is 26.4. The van der Waals surface area contributed by atoms with Gasteiger partial charge in [-0.05, 0) is 64.2 Å². The van der Waals surface area contributed by atoms with Crippen molar-refractivity contribution in [2.24, 2.45) is 0 Å². The van der Waals surface area contributed by atoms with Crippen LogP contribution in [0.3, 0.4) is 0 Å². The van der Waals surface area contributed by atoms with Crippen LogP contribution >= 0.6 is 0 Å². The molecule has 0 aromatic carbocycles. The molecule has 3 rings (SSSR count). The molecule has 0 radical (unpaired) electrons. The molecule has 0 bridgehead atoms. The standard InChI is InChI=1S/C75H133NO18/c1-3-5-7-9-11-13-15-17-19-21-23-25-26-27-28-29-30-31-33-34-36-38-40-42-44-46-48-50-52-59(80)58(76-63(81)53-51-49-47-45-43-41-39-37-35-32-24-22-20-18-16-14-12-10-8-6-4-2)57-89-73-69(87)66(84)71(61(55-78)91-73)94-75-70(88)67(85)72(62(56-79)92-75)93-74-68(86)65(83)64(82)60(54-77)90-74/h6,8,12,14,18,20,24,32,37,39,43,45,58-62,64-75,77-80,82-88H,3-5,7,9-11,13,15-17,19,21-23,25-31,33-36,38,40-42,44,46-57H2,1-2H3,(H,76,81)/b8-6-,14-12-,20-18-,32-24-,39-37-,45-43-. The number of rotatable bonds is 57. The van der Waals surface area contributed by atoms with E-state index in [-0.39, 0.29) is 18.9 Å². The van der Waals surface area contributed by atoms with Crippen molar-refractivity contribution in [1.82, 2.24) is 5.32 Å². The number of hydrogen-bond acceptors (Lipinski definition) is 18. The van der Waals surface area contributed by atoms with Gasteiger partial charge < -0.3 is 89.9 Å². The van der Waals surface area contributed by atoms with Crippen molar-refractivity contribution >= 4 is 5.91 Å². The van der Waals surface area contributed by atoms with Crippen LogP contribution in [0.1, 0.15) is 264 Å². The minimum atomic E-state index is -1.98. The molecule has 3 fully saturated rings. The van der Waals surface area contributed by atoms with Gasteiger partial charge in [-0.15, -0.1) is 0 Å². The van der Waals surface area contributed by atoms with Gasteiger partial charge in [-0.25, -0.2) is 0 Å². The largest absolute Gasteiger partial charge is 0.394 e. The summed E-state index contributed by atoms with van der Waals surface area (Å²) in [5.74, 6) is -0.284. The van der Waals surface area contributed by atoms with Crippen LogP contribution in [0.5, 0.6) is 0 Å². The van der Waals surface area contributed by atoms with Crippen LogP contribution in [0.4, 0.5) is 0 Å². The number of allylic oxidation sites excluding steroid dienone is 12. The van der Waals surface area contributed by atoms with Gasteiger partial charge in [0.2, 0.25) is 5.91 Å². The number of carbonyl (C=O) groups is 1. The summed E-state index contributed by atoms with van der Waals surface area (Å²) < 4.78 is 34.4. The molecule has 3 aliphatic heterocycles. The van der Waals surface area contributed by atoms with Crippen molar-refractivity contribution < 1.29 is 89.4 Å². The predicted molar refractivity (Wildman–Crippen MR) is 369 cm³/mol. The Bertz CT molecular complexity index is 1980. The second-order valence-corrected chi connectivity index (χ2v) is 26.4. The van der Waals surface area contributed by atoms with Gasteiger partial charge in [-0.1, -0.05) is 267 Å². The van der Waals surface area contributed by atoms with Gasteiger partial charge in [0.25, 0.3) is 0 Å². The maximum Gasteiger partial charge on any atom is 0.220 e. The fourth-order valence-electron chi connectivity index (χ4n) is 12.3. The summed E-state index contributed by atoms with van der Waals surface area (Å²) in [6, 6.07) is -0.917. The van der Waals surface area contributed by atoms with E-state index in [0.717, 1.165) is 70.6 Å². The molecule has 3 heterocycles. The third kappa shape index (κ3) is 36.9. The zero-order valence-electron chi connectivity index (χ0n) is 57.9. The van der Waals surface area contributed by atoms with E-state index in [0.29, 0.717) is 19.3 Å². The number of aliphatic hydroxyl groups is 11. The highest BCUT2D eigenvalue weighted by atomic mass is 16.8. The number of carbonyl (C=O) groups excluding carboxylic acids is 1. The second kappa shape index (κ2) is 56.0. The predicted octanol–water partition coefficient (Wildman–Crippen LogP) is 10.9. The fraction of sp³-hybridized carbons (Fsp3) is 0.827. The molecule has 1 amide bonds. The highest BCUT2D eigenvalue weighted by Crippen LogP contribution is 2.33. The monoisotopic (exact) mass is 1340 g/mol. The van der Waals surface area contributed by atoms with Gasteiger partial charge in [-0.2, -0.15) is 0 Å². The van der Waals surface area contributed by atoms with Gasteiger partial charge in [0.05, 0.1) is 38.6 Å². The van der Waals surface area contributed by atoms with Crippen LogP contribution < -0.4 is 5.32 Å². The van der Waals surface area contributed by atoms with Gasteiger partial charge in [0.15, 0.2) is 18.9 Å². The first-order chi connectivity index (χ1) is 45.8. The maximum absolute atomic E-state index is 13.4. The molecule has 0 saturated carbocycles. The van der Waals surface area contributed by atoms with Crippen molar-refractivity contribution in [3.63, 3.8) is 0 Å². The summed E-state index contributed by atoms with van der Waals surface area (Å²) in [7, 11) is 0. The van der Waals surface area contributed by atoms with E-state index in [4.69, 9.17) is 28.4 Å². The minimum Gasteiger partial charge on any atom is -0.394 e. The molecule has 0 aliphatic carbocycles. The Labute approximate surface area is 566 Å². The minimum absolute atomic E-state index is 0.208. The van der Waals surface area contributed by atoms with Crippen molar-refractivity contribution in [3.05, 3.63) is 72.9 Å². The lowest BCUT2D eigenvalue weighted by Gasteiger charge is -2.48. The molecule has 3 aliphatic rings. The molecule has 19 heteroatoms. The molecule has 0 aromatic rings. The summed E-state index contributed by atoms with van der Waals surface area (Å²) >= 11 is 0. The number of unbranched alkanes of at least 4 members (excludes halogenated alkanes) is 29. The van der Waals surface area contributed by atoms with Gasteiger partial charge in [0, 0.05) is 6.42 Å². The first-order valence-electron chi connectivity index (χ1n) is 37.2. The van der Waals surface area contributed by atoms with E-state index in [2.05, 4.69) is 92.1 Å². The lowest BCUT2D eigenvalue weighted by atomic mass is 9.96. The molecule has 0 aromatic heterocycles. The lowest BCUT2D eigenvalue weighted by Crippen LogP contribution is -2.66. The number of amides is 1. The fourth-order valence-corrected chi connectivity index (χ4v) is 12.3. The molecular formula is C75H133NO18. The summed E-state index contributed by atoms with van der Waals surface area (Å²) in [5.41, 5.74) is 0. The first-order valence-corrected chi connectivity index (χ1v) is 37.2. The Morgan fingerprint density at radius 1 is 0.394 bits per heavy atom. The van der Waals surface area contributed by atoms with Crippen LogP contribution in [0.15, 0.2) is 72.9 Å². The Morgan fingerprint density at radius 2 is 0.734 bits per heavy atom. The zero-order chi connectivity index (χ0) is 68.2. The Hall–Kier alpha value is -2.77. The van der Waals surface area contributed by atoms with Gasteiger partial charge >= 0.3 is 0 Å². The Morgan fingerprint density at radius 3 is 1.13 bits per heavy atom. The molecule has 12 N–H and O–H groups in total. The van der Waals surface area contributed by atoms with Gasteiger partial charge in [-0.3, -0.25) is 4.79 Å². The number of nitrogens with one attached hydrogen (secondary N) is 1. The Balaban J connectivity index is 1.41. The number of aliphatic hydroxyl groups excluding tert-OH is 11. The first kappa shape index (κ1) is 85.5. The van der Waals surface area contributed by atoms with Crippen LogP contribution in [0.25, 0.3) is 0 Å². The maximum atomic E-state index is 13.4. The third-order valence-corrected chi connectivity index (χ3v) is 18.3. The van der Waals surface area contributed by atoms with Crippen molar-refractivity contribution in [2.45, 2.75) is 369 Å². The average Bonchev–Trinajstić information content (AvgIpc) is 0.787. The number of hydrogen-bond donors (Lipinski definition) is 12. The summed E-state index contributed by atoms with van der Waals surface area (Å²) in [5, 5.41) is 121. The molecule has 94 heavy (non-hydrogen) atoms. The van der Waals surface area contributed by atoms with E-state index < -0.39 is 124 Å². The summed E-state index contributed by atoms with van der Waals surface area (Å²) in [6.45, 7) is 1.67. The SMILES string of the molecule is CC/C=C\C/C=C\C/C=C\C/C=C\C/C=C\C/C=C\CCCCC(=O)NC(COC1OC(CO)C(OC2OC(CO)C(OC3OC(CO)C(O)C(O)C3O)C(O)C2O)C(O)C1O)C(O)CCCCCCCCCCCCCCCCCCCCCCCCCCCCCC. The molecule has 0 spiro atoms. The van der Waals surface area contributed by atoms with E-state index in [1.165, 1.54) is 154 Å². The molecule has 17 atom stereocenters. The van der Waals surface area contributed by atoms with E-state index >= 15 is 0 Å². The molecular weight excluding hydrogens is 1200 g/mol. The van der Waals surface area contributed by atoms with Crippen molar-refractivity contribution in [3.8, 4) is 0 Å². The van der Waals surface area contributed by atoms with Crippen molar-refractivity contribution in [1.29, 1.82) is 0 Å². The molecule has 17 unspecified atom stereocenters. The zero-order valence-corrected chi connectivity index (χ0v) is 57.9. The summed E-state index contributed by atoms with van der Waals surface area (Å²) in [6.07, 6.45) is 44.2. The lowest BCUT2D eigenvalue weighted by molar-refractivity contribution is -0.379. The third-order valence-electron chi connectivity index (χ3n) is 18.3. The normalized spacial score (nSPS) is 27.8. The van der Waals surface area contributed by atoms with Crippen LogP contribution in [0, 0.1) is 0 Å². The quantitative estimate of drug-likeness (QED) is 0.0199. The van der Waals surface area contributed by atoms with Crippen LogP contribution in [-0.2, 0) is 33.2 Å². The van der Waals surface area contributed by atoms with Crippen molar-refractivity contribution in [2.75, 3.05) is 26.4 Å². The summed E-state index contributed by atoms with van der Waals surface area (Å²) in [4.78, 5) is 13.4. The molecule has 19 nitrogen and oxygen atoms in total. The molecule has 546 valence electrons.